The van der Waals surface area contributed by atoms with Crippen molar-refractivity contribution in [2.24, 2.45) is 0 Å². The average molecular weight is 571 g/mol. The zero-order valence-corrected chi connectivity index (χ0v) is 23.5. The number of carbonyl (C=O) groups is 2. The highest BCUT2D eigenvalue weighted by molar-refractivity contribution is 5.92. The molecule has 1 aliphatic rings. The minimum atomic E-state index is -0.405. The minimum Gasteiger partial charge on any atom is -0.309 e. The number of aryl methyl sites for hydroxylation is 2. The monoisotopic (exact) mass is 570 g/mol. The molecular weight excluding hydrogens is 538 g/mol. The summed E-state index contributed by atoms with van der Waals surface area (Å²) in [7, 11) is 0. The zero-order chi connectivity index (χ0) is 29.6. The van der Waals surface area contributed by atoms with E-state index in [-0.39, 0.29) is 36.5 Å². The molecule has 42 heavy (non-hydrogen) atoms. The Balaban J connectivity index is 1.16. The molecule has 2 atom stereocenters. The van der Waals surface area contributed by atoms with Crippen LogP contribution in [0.3, 0.4) is 0 Å². The first-order valence-electron chi connectivity index (χ1n) is 14.0. The zero-order valence-electron chi connectivity index (χ0n) is 23.5. The number of hydrogen-bond acceptors (Lipinski definition) is 6. The number of benzene rings is 2. The molecule has 2 N–H and O–H groups in total. The molecule has 4 aromatic rings. The van der Waals surface area contributed by atoms with Crippen molar-refractivity contribution in [1.29, 1.82) is 0 Å². The SMILES string of the molecule is Cc1cccc(F)c1CC(=O)Nc1ccc([C@H]2CCC[C@H](c3ccc(NC(=O)Cc4c(C)cccc4F)nn3)C2)nn1. The van der Waals surface area contributed by atoms with Crippen LogP contribution in [-0.4, -0.2) is 32.2 Å². The molecule has 2 amide bonds. The summed E-state index contributed by atoms with van der Waals surface area (Å²) in [5.74, 6) is -0.543. The standard InChI is InChI=1S/C32H32F2N6O2/c1-19-6-3-10-25(33)23(19)17-31(41)35-29-14-12-27(37-39-29)21-8-5-9-22(16-21)28-13-15-30(40-38-28)36-32(42)18-24-20(2)7-4-11-26(24)34/h3-4,6-7,10-15,21-22H,5,8-9,16-18H2,1-2H3,(H,35,39,41)(H,36,40,42)/t21-,22-/m0/s1. The Morgan fingerprint density at radius 2 is 1.14 bits per heavy atom. The fourth-order valence-corrected chi connectivity index (χ4v) is 5.46. The molecule has 0 saturated heterocycles. The lowest BCUT2D eigenvalue weighted by atomic mass is 9.78. The highest BCUT2D eigenvalue weighted by atomic mass is 19.1. The van der Waals surface area contributed by atoms with E-state index in [4.69, 9.17) is 0 Å². The number of rotatable bonds is 8. The number of amides is 2. The predicted octanol–water partition coefficient (Wildman–Crippen LogP) is 5.97. The molecule has 8 nitrogen and oxygen atoms in total. The lowest BCUT2D eigenvalue weighted by molar-refractivity contribution is -0.116. The largest absolute Gasteiger partial charge is 0.309 e. The van der Waals surface area contributed by atoms with Gasteiger partial charge in [0.25, 0.3) is 0 Å². The third kappa shape index (κ3) is 6.99. The Morgan fingerprint density at radius 1 is 0.690 bits per heavy atom. The van der Waals surface area contributed by atoms with Gasteiger partial charge in [-0.3, -0.25) is 9.59 Å². The van der Waals surface area contributed by atoms with Crippen molar-refractivity contribution in [1.82, 2.24) is 20.4 Å². The summed E-state index contributed by atoms with van der Waals surface area (Å²) >= 11 is 0. The van der Waals surface area contributed by atoms with Gasteiger partial charge in [0.2, 0.25) is 11.8 Å². The second-order valence-electron chi connectivity index (χ2n) is 10.8. The summed E-state index contributed by atoms with van der Waals surface area (Å²) in [4.78, 5) is 24.9. The molecule has 0 aliphatic heterocycles. The van der Waals surface area contributed by atoms with Crippen LogP contribution in [0.15, 0.2) is 60.7 Å². The number of hydrogen-bond donors (Lipinski definition) is 2. The lowest BCUT2D eigenvalue weighted by Crippen LogP contribution is -2.19. The Kier molecular flexibility index (Phi) is 8.90. The number of nitrogens with zero attached hydrogens (tertiary/aromatic N) is 4. The van der Waals surface area contributed by atoms with E-state index in [0.29, 0.717) is 22.8 Å². The average Bonchev–Trinajstić information content (AvgIpc) is 2.98. The van der Waals surface area contributed by atoms with E-state index < -0.39 is 11.6 Å². The van der Waals surface area contributed by atoms with Crippen LogP contribution >= 0.6 is 0 Å². The second kappa shape index (κ2) is 12.9. The van der Waals surface area contributed by atoms with Crippen molar-refractivity contribution < 1.29 is 18.4 Å². The van der Waals surface area contributed by atoms with Gasteiger partial charge in [-0.1, -0.05) is 30.7 Å². The van der Waals surface area contributed by atoms with Gasteiger partial charge in [-0.2, -0.15) is 10.2 Å². The van der Waals surface area contributed by atoms with Crippen LogP contribution in [0.1, 0.15) is 71.2 Å². The summed E-state index contributed by atoms with van der Waals surface area (Å²) in [6.07, 6.45) is 3.56. The molecule has 216 valence electrons. The van der Waals surface area contributed by atoms with Gasteiger partial charge >= 0.3 is 0 Å². The van der Waals surface area contributed by atoms with Gasteiger partial charge in [-0.15, -0.1) is 10.2 Å². The molecule has 5 rings (SSSR count). The Bertz CT molecular complexity index is 1420. The number of halogens is 2. The summed E-state index contributed by atoms with van der Waals surface area (Å²) < 4.78 is 28.2. The van der Waals surface area contributed by atoms with E-state index in [1.807, 2.05) is 12.1 Å². The molecular formula is C32H32F2N6O2. The fourth-order valence-electron chi connectivity index (χ4n) is 5.46. The summed E-state index contributed by atoms with van der Waals surface area (Å²) in [6.45, 7) is 3.54. The Morgan fingerprint density at radius 3 is 1.52 bits per heavy atom. The molecule has 0 bridgehead atoms. The smallest absolute Gasteiger partial charge is 0.230 e. The maximum atomic E-state index is 14.1. The van der Waals surface area contributed by atoms with Gasteiger partial charge in [0.15, 0.2) is 11.6 Å². The van der Waals surface area contributed by atoms with E-state index in [1.54, 1.807) is 50.2 Å². The van der Waals surface area contributed by atoms with Crippen molar-refractivity contribution in [3.8, 4) is 0 Å². The van der Waals surface area contributed by atoms with Crippen LogP contribution in [0.5, 0.6) is 0 Å². The van der Waals surface area contributed by atoms with E-state index in [9.17, 15) is 18.4 Å². The van der Waals surface area contributed by atoms with Crippen LogP contribution in [0.4, 0.5) is 20.4 Å². The summed E-state index contributed by atoms with van der Waals surface area (Å²) in [6, 6.07) is 16.6. The molecule has 0 unspecified atom stereocenters. The molecule has 2 heterocycles. The van der Waals surface area contributed by atoms with Crippen molar-refractivity contribution in [2.75, 3.05) is 10.6 Å². The van der Waals surface area contributed by atoms with Crippen LogP contribution in [0, 0.1) is 25.5 Å². The molecule has 1 fully saturated rings. The third-order valence-electron chi connectivity index (χ3n) is 7.80. The van der Waals surface area contributed by atoms with E-state index in [1.165, 1.54) is 12.1 Å². The van der Waals surface area contributed by atoms with Gasteiger partial charge in [-0.05, 0) is 80.6 Å². The highest BCUT2D eigenvalue weighted by Gasteiger charge is 2.27. The topological polar surface area (TPSA) is 110 Å². The maximum Gasteiger partial charge on any atom is 0.230 e. The van der Waals surface area contributed by atoms with Crippen LogP contribution < -0.4 is 10.6 Å². The normalized spacial score (nSPS) is 16.6. The van der Waals surface area contributed by atoms with Crippen molar-refractivity contribution in [2.45, 2.75) is 64.2 Å². The molecule has 2 aromatic heterocycles. The highest BCUT2D eigenvalue weighted by Crippen LogP contribution is 2.40. The Labute approximate surface area is 243 Å². The van der Waals surface area contributed by atoms with Gasteiger partial charge in [0.05, 0.1) is 24.2 Å². The van der Waals surface area contributed by atoms with Crippen molar-refractivity contribution in [3.05, 3.63) is 106 Å². The minimum absolute atomic E-state index is 0.0823. The first-order chi connectivity index (χ1) is 20.3. The summed E-state index contributed by atoms with van der Waals surface area (Å²) in [5, 5.41) is 22.5. The Hall–Kier alpha value is -4.60. The fraction of sp³-hybridized carbons (Fsp3) is 0.312. The summed E-state index contributed by atoms with van der Waals surface area (Å²) in [5.41, 5.74) is 3.84. The molecule has 1 aliphatic carbocycles. The molecule has 2 aromatic carbocycles. The van der Waals surface area contributed by atoms with Gasteiger partial charge in [0.1, 0.15) is 11.6 Å². The first kappa shape index (κ1) is 28.9. The number of carbonyl (C=O) groups excluding carboxylic acids is 2. The van der Waals surface area contributed by atoms with E-state index in [2.05, 4.69) is 31.0 Å². The van der Waals surface area contributed by atoms with Gasteiger partial charge in [0, 0.05) is 23.0 Å². The second-order valence-corrected chi connectivity index (χ2v) is 10.8. The van der Waals surface area contributed by atoms with Crippen molar-refractivity contribution in [3.63, 3.8) is 0 Å². The van der Waals surface area contributed by atoms with E-state index in [0.717, 1.165) is 48.2 Å². The van der Waals surface area contributed by atoms with Gasteiger partial charge < -0.3 is 10.6 Å². The molecule has 0 spiro atoms. The van der Waals surface area contributed by atoms with Crippen LogP contribution in [-0.2, 0) is 22.4 Å². The number of aromatic nitrogens is 4. The lowest BCUT2D eigenvalue weighted by Gasteiger charge is -2.28. The predicted molar refractivity (Wildman–Crippen MR) is 155 cm³/mol. The maximum absolute atomic E-state index is 14.1. The molecule has 0 radical (unpaired) electrons. The third-order valence-corrected chi connectivity index (χ3v) is 7.80. The van der Waals surface area contributed by atoms with Crippen molar-refractivity contribution >= 4 is 23.5 Å². The van der Waals surface area contributed by atoms with Crippen LogP contribution in [0.25, 0.3) is 0 Å². The first-order valence-corrected chi connectivity index (χ1v) is 14.0. The van der Waals surface area contributed by atoms with Gasteiger partial charge in [-0.25, -0.2) is 8.78 Å². The van der Waals surface area contributed by atoms with Crippen LogP contribution in [0.2, 0.25) is 0 Å². The van der Waals surface area contributed by atoms with E-state index >= 15 is 0 Å². The molecule has 1 saturated carbocycles. The number of nitrogens with one attached hydrogen (secondary N) is 2. The quantitative estimate of drug-likeness (QED) is 0.270. The number of anilines is 2. The molecule has 10 heteroatoms.